The third-order valence-electron chi connectivity index (χ3n) is 6.10. The van der Waals surface area contributed by atoms with Crippen molar-refractivity contribution in [3.63, 3.8) is 0 Å². The molecular weight excluding hydrogens is 376 g/mol. The van der Waals surface area contributed by atoms with Crippen LogP contribution in [0.3, 0.4) is 0 Å². The largest absolute Gasteiger partial charge is 0.390 e. The van der Waals surface area contributed by atoms with Gasteiger partial charge in [0.1, 0.15) is 18.0 Å². The molecule has 1 fully saturated rings. The molecule has 2 N–H and O–H groups in total. The summed E-state index contributed by atoms with van der Waals surface area (Å²) in [6.45, 7) is 3.37. The van der Waals surface area contributed by atoms with Crippen LogP contribution < -0.4 is 10.2 Å². The van der Waals surface area contributed by atoms with E-state index in [1.807, 2.05) is 18.2 Å². The van der Waals surface area contributed by atoms with Crippen molar-refractivity contribution >= 4 is 17.3 Å². The summed E-state index contributed by atoms with van der Waals surface area (Å²) in [6, 6.07) is 14.6. The van der Waals surface area contributed by atoms with Gasteiger partial charge in [0.25, 0.3) is 0 Å². The van der Waals surface area contributed by atoms with Crippen molar-refractivity contribution in [1.82, 2.24) is 19.9 Å². The minimum atomic E-state index is -0.407. The lowest BCUT2D eigenvalue weighted by atomic mass is 9.94. The minimum absolute atomic E-state index is 0.186. The molecule has 4 heterocycles. The average Bonchev–Trinajstić information content (AvgIpc) is 2.79. The van der Waals surface area contributed by atoms with Crippen molar-refractivity contribution in [2.24, 2.45) is 0 Å². The summed E-state index contributed by atoms with van der Waals surface area (Å²) in [6.07, 6.45) is 6.61. The highest BCUT2D eigenvalue weighted by atomic mass is 16.3. The number of nitrogens with one attached hydrogen (secondary N) is 1. The molecule has 0 spiro atoms. The summed E-state index contributed by atoms with van der Waals surface area (Å²) in [5.41, 5.74) is 3.76. The zero-order valence-electron chi connectivity index (χ0n) is 16.9. The van der Waals surface area contributed by atoms with Crippen molar-refractivity contribution < 1.29 is 5.11 Å². The first-order valence-electron chi connectivity index (χ1n) is 10.5. The number of piperidine rings is 1. The number of benzene rings is 1. The summed E-state index contributed by atoms with van der Waals surface area (Å²) < 4.78 is 0. The van der Waals surface area contributed by atoms with E-state index in [9.17, 15) is 5.11 Å². The van der Waals surface area contributed by atoms with Crippen molar-refractivity contribution in [2.45, 2.75) is 31.5 Å². The van der Waals surface area contributed by atoms with Gasteiger partial charge in [0.15, 0.2) is 0 Å². The Kier molecular flexibility index (Phi) is 5.29. The lowest BCUT2D eigenvalue weighted by Gasteiger charge is -2.43. The number of hydrogen-bond acceptors (Lipinski definition) is 7. The Morgan fingerprint density at radius 1 is 1.00 bits per heavy atom. The van der Waals surface area contributed by atoms with Crippen LogP contribution in [0.15, 0.2) is 61.2 Å². The summed E-state index contributed by atoms with van der Waals surface area (Å²) in [5, 5.41) is 14.2. The second-order valence-electron chi connectivity index (χ2n) is 7.98. The maximum absolute atomic E-state index is 11.0. The number of aliphatic hydroxyl groups is 1. The lowest BCUT2D eigenvalue weighted by Crippen LogP contribution is -2.55. The van der Waals surface area contributed by atoms with E-state index in [1.165, 1.54) is 11.1 Å². The molecule has 30 heavy (non-hydrogen) atoms. The van der Waals surface area contributed by atoms with Crippen LogP contribution in [0.4, 0.5) is 17.3 Å². The van der Waals surface area contributed by atoms with Crippen molar-refractivity contribution in [3.05, 3.63) is 72.3 Å². The third-order valence-corrected chi connectivity index (χ3v) is 6.10. The smallest absolute Gasteiger partial charge is 0.135 e. The quantitative estimate of drug-likeness (QED) is 0.695. The molecule has 0 amide bonds. The van der Waals surface area contributed by atoms with Gasteiger partial charge < -0.3 is 15.3 Å². The Morgan fingerprint density at radius 3 is 2.67 bits per heavy atom. The lowest BCUT2D eigenvalue weighted by molar-refractivity contribution is 0.0293. The first-order chi connectivity index (χ1) is 14.8. The minimum Gasteiger partial charge on any atom is -0.390 e. The standard InChI is InChI=1S/C23H26N6O/c30-21-15-29(23-13-22(25-16-26-23)27-19-5-9-24-10-6-19)12-8-20(21)28-11-7-17-3-1-2-4-18(17)14-28/h1-6,9-10,13,16,20-21,30H,7-8,11-12,14-15H2,(H,24,25,26,27). The molecule has 2 atom stereocenters. The summed E-state index contributed by atoms with van der Waals surface area (Å²) in [5.74, 6) is 1.57. The molecule has 0 aliphatic carbocycles. The summed E-state index contributed by atoms with van der Waals surface area (Å²) in [4.78, 5) is 17.4. The molecule has 1 aromatic carbocycles. The molecule has 7 nitrogen and oxygen atoms in total. The van der Waals surface area contributed by atoms with Crippen molar-refractivity contribution in [2.75, 3.05) is 29.9 Å². The number of pyridine rings is 1. The maximum Gasteiger partial charge on any atom is 0.135 e. The van der Waals surface area contributed by atoms with Crippen LogP contribution in [0.1, 0.15) is 17.5 Å². The summed E-state index contributed by atoms with van der Waals surface area (Å²) in [7, 11) is 0. The predicted octanol–water partition coefficient (Wildman–Crippen LogP) is 2.61. The van der Waals surface area contributed by atoms with Gasteiger partial charge in [-0.25, -0.2) is 9.97 Å². The van der Waals surface area contributed by atoms with Crippen LogP contribution in [0.5, 0.6) is 0 Å². The van der Waals surface area contributed by atoms with E-state index in [4.69, 9.17) is 0 Å². The van der Waals surface area contributed by atoms with E-state index in [-0.39, 0.29) is 6.04 Å². The molecule has 0 radical (unpaired) electrons. The maximum atomic E-state index is 11.0. The normalized spacial score (nSPS) is 21.8. The topological polar surface area (TPSA) is 77.4 Å². The molecule has 2 aromatic heterocycles. The van der Waals surface area contributed by atoms with Gasteiger partial charge in [0.05, 0.1) is 6.10 Å². The van der Waals surface area contributed by atoms with Gasteiger partial charge in [-0.3, -0.25) is 9.88 Å². The van der Waals surface area contributed by atoms with E-state index in [1.54, 1.807) is 18.7 Å². The number of aliphatic hydroxyl groups excluding tert-OH is 1. The molecule has 7 heteroatoms. The molecule has 154 valence electrons. The molecule has 5 rings (SSSR count). The average molecular weight is 403 g/mol. The number of nitrogens with zero attached hydrogens (tertiary/aromatic N) is 5. The fourth-order valence-electron chi connectivity index (χ4n) is 4.53. The van der Waals surface area contributed by atoms with Gasteiger partial charge in [-0.05, 0) is 36.1 Å². The molecule has 1 saturated heterocycles. The van der Waals surface area contributed by atoms with Gasteiger partial charge in [-0.15, -0.1) is 0 Å². The SMILES string of the molecule is OC1CN(c2cc(Nc3ccncc3)ncn2)CCC1N1CCc2ccccc2C1. The Balaban J connectivity index is 1.25. The second-order valence-corrected chi connectivity index (χ2v) is 7.98. The van der Waals surface area contributed by atoms with E-state index in [0.29, 0.717) is 6.54 Å². The predicted molar refractivity (Wildman–Crippen MR) is 117 cm³/mol. The number of aromatic nitrogens is 3. The Bertz CT molecular complexity index is 998. The molecule has 3 aromatic rings. The highest BCUT2D eigenvalue weighted by Gasteiger charge is 2.34. The molecule has 0 bridgehead atoms. The molecule has 0 saturated carbocycles. The van der Waals surface area contributed by atoms with Crippen LogP contribution in [-0.2, 0) is 13.0 Å². The monoisotopic (exact) mass is 402 g/mol. The molecule has 2 unspecified atom stereocenters. The fraction of sp³-hybridized carbons (Fsp3) is 0.348. The first kappa shape index (κ1) is 19.0. The van der Waals surface area contributed by atoms with Crippen LogP contribution in [0.2, 0.25) is 0 Å². The zero-order valence-corrected chi connectivity index (χ0v) is 16.9. The molecule has 2 aliphatic heterocycles. The molecule has 2 aliphatic rings. The summed E-state index contributed by atoms with van der Waals surface area (Å²) >= 11 is 0. The Hall–Kier alpha value is -3.03. The van der Waals surface area contributed by atoms with Crippen molar-refractivity contribution in [1.29, 1.82) is 0 Å². The highest BCUT2D eigenvalue weighted by molar-refractivity contribution is 5.58. The first-order valence-corrected chi connectivity index (χ1v) is 10.5. The molecular formula is C23H26N6O. The Morgan fingerprint density at radius 2 is 1.83 bits per heavy atom. The van der Waals surface area contributed by atoms with E-state index >= 15 is 0 Å². The van der Waals surface area contributed by atoms with Crippen LogP contribution in [0, 0.1) is 0 Å². The number of β-amino-alcohol motifs (C(OH)–C–C–N with tert-alkyl or cyclic N) is 1. The van der Waals surface area contributed by atoms with Crippen LogP contribution in [-0.4, -0.2) is 56.7 Å². The van der Waals surface area contributed by atoms with E-state index in [2.05, 4.69) is 54.3 Å². The fourth-order valence-corrected chi connectivity index (χ4v) is 4.53. The Labute approximate surface area is 176 Å². The van der Waals surface area contributed by atoms with Crippen molar-refractivity contribution in [3.8, 4) is 0 Å². The highest BCUT2D eigenvalue weighted by Crippen LogP contribution is 2.27. The number of fused-ring (bicyclic) bond motifs is 1. The number of anilines is 3. The van der Waals surface area contributed by atoms with Crippen LogP contribution in [0.25, 0.3) is 0 Å². The van der Waals surface area contributed by atoms with Gasteiger partial charge in [-0.1, -0.05) is 24.3 Å². The van der Waals surface area contributed by atoms with E-state index in [0.717, 1.165) is 49.8 Å². The van der Waals surface area contributed by atoms with E-state index < -0.39 is 6.10 Å². The van der Waals surface area contributed by atoms with Crippen LogP contribution >= 0.6 is 0 Å². The second kappa shape index (κ2) is 8.38. The van der Waals surface area contributed by atoms with Gasteiger partial charge in [0.2, 0.25) is 0 Å². The van der Waals surface area contributed by atoms with Gasteiger partial charge in [-0.2, -0.15) is 0 Å². The number of hydrogen-bond donors (Lipinski definition) is 2. The van der Waals surface area contributed by atoms with Gasteiger partial charge in [0, 0.05) is 56.4 Å². The zero-order chi connectivity index (χ0) is 20.3. The third kappa shape index (κ3) is 3.99. The number of rotatable bonds is 4. The van der Waals surface area contributed by atoms with Gasteiger partial charge >= 0.3 is 0 Å².